The molecule has 0 bridgehead atoms. The molecule has 2 N–H and O–H groups in total. The van der Waals surface area contributed by atoms with Crippen LogP contribution in [-0.4, -0.2) is 6.36 Å². The summed E-state index contributed by atoms with van der Waals surface area (Å²) in [4.78, 5) is 0. The van der Waals surface area contributed by atoms with Gasteiger partial charge in [-0.15, -0.1) is 25.6 Å². The largest absolute Gasteiger partial charge is 0.573 e. The van der Waals surface area contributed by atoms with Crippen LogP contribution in [0.15, 0.2) is 18.2 Å². The first kappa shape index (κ1) is 18.0. The van der Waals surface area contributed by atoms with Crippen molar-refractivity contribution < 1.29 is 22.3 Å². The molecule has 19 heavy (non-hydrogen) atoms. The quantitative estimate of drug-likeness (QED) is 0.831. The van der Waals surface area contributed by atoms with E-state index in [1.54, 1.807) is 20.8 Å². The third kappa shape index (κ3) is 5.24. The van der Waals surface area contributed by atoms with Gasteiger partial charge in [0, 0.05) is 11.6 Å². The Bertz CT molecular complexity index is 429. The van der Waals surface area contributed by atoms with Gasteiger partial charge in [-0.2, -0.15) is 0 Å². The molecule has 0 aliphatic heterocycles. The monoisotopic (exact) mass is 301 g/mol. The summed E-state index contributed by atoms with van der Waals surface area (Å²) in [6.45, 7) is 5.32. The Morgan fingerprint density at radius 2 is 1.68 bits per heavy atom. The Hall–Kier alpha value is -1.01. The van der Waals surface area contributed by atoms with E-state index in [-0.39, 0.29) is 18.0 Å². The molecule has 0 saturated carbocycles. The highest BCUT2D eigenvalue weighted by atomic mass is 35.5. The summed E-state index contributed by atoms with van der Waals surface area (Å²) < 4.78 is 53.5. The predicted octanol–water partition coefficient (Wildman–Crippen LogP) is 4.19. The fourth-order valence-electron chi connectivity index (χ4n) is 1.42. The molecule has 1 aromatic rings. The SMILES string of the molecule is CC(C)(C)[C@@H](N)c1cc(OC(F)(F)F)ccc1F.Cl. The van der Waals surface area contributed by atoms with E-state index < -0.39 is 29.4 Å². The van der Waals surface area contributed by atoms with Crippen LogP contribution in [0, 0.1) is 11.2 Å². The number of ether oxygens (including phenoxy) is 1. The molecule has 1 rings (SSSR count). The van der Waals surface area contributed by atoms with Crippen molar-refractivity contribution in [2.45, 2.75) is 33.2 Å². The lowest BCUT2D eigenvalue weighted by molar-refractivity contribution is -0.274. The van der Waals surface area contributed by atoms with E-state index in [1.807, 2.05) is 0 Å². The summed E-state index contributed by atoms with van der Waals surface area (Å²) in [5, 5.41) is 0. The summed E-state index contributed by atoms with van der Waals surface area (Å²) in [5.74, 6) is -1.12. The smallest absolute Gasteiger partial charge is 0.406 e. The van der Waals surface area contributed by atoms with Gasteiger partial charge in [-0.1, -0.05) is 20.8 Å². The van der Waals surface area contributed by atoms with E-state index in [9.17, 15) is 17.6 Å². The van der Waals surface area contributed by atoms with Gasteiger partial charge in [-0.3, -0.25) is 0 Å². The topological polar surface area (TPSA) is 35.2 Å². The van der Waals surface area contributed by atoms with E-state index in [4.69, 9.17) is 5.73 Å². The Balaban J connectivity index is 0.00000324. The number of nitrogens with two attached hydrogens (primary N) is 1. The highest BCUT2D eigenvalue weighted by molar-refractivity contribution is 5.85. The Kier molecular flexibility index (Phi) is 5.65. The van der Waals surface area contributed by atoms with Gasteiger partial charge in [0.15, 0.2) is 0 Å². The van der Waals surface area contributed by atoms with Crippen molar-refractivity contribution in [1.82, 2.24) is 0 Å². The van der Waals surface area contributed by atoms with E-state index >= 15 is 0 Å². The summed E-state index contributed by atoms with van der Waals surface area (Å²) in [7, 11) is 0. The molecule has 1 aromatic carbocycles. The molecule has 0 aliphatic rings. The molecule has 0 amide bonds. The average Bonchev–Trinajstić information content (AvgIpc) is 2.16. The van der Waals surface area contributed by atoms with Crippen LogP contribution in [0.1, 0.15) is 32.4 Å². The van der Waals surface area contributed by atoms with Crippen LogP contribution >= 0.6 is 12.4 Å². The molecule has 0 unspecified atom stereocenters. The van der Waals surface area contributed by atoms with Crippen molar-refractivity contribution in [1.29, 1.82) is 0 Å². The molecule has 0 spiro atoms. The Morgan fingerprint density at radius 3 is 2.11 bits per heavy atom. The molecule has 1 atom stereocenters. The minimum atomic E-state index is -4.80. The van der Waals surface area contributed by atoms with Crippen LogP contribution in [0.2, 0.25) is 0 Å². The lowest BCUT2D eigenvalue weighted by Crippen LogP contribution is -2.27. The number of hydrogen-bond donors (Lipinski definition) is 1. The molecule has 0 radical (unpaired) electrons. The van der Waals surface area contributed by atoms with Crippen LogP contribution in [-0.2, 0) is 0 Å². The van der Waals surface area contributed by atoms with Crippen molar-refractivity contribution in [3.63, 3.8) is 0 Å². The molecule has 110 valence electrons. The van der Waals surface area contributed by atoms with E-state index in [2.05, 4.69) is 4.74 Å². The maximum Gasteiger partial charge on any atom is 0.573 e. The maximum absolute atomic E-state index is 13.6. The van der Waals surface area contributed by atoms with Crippen molar-refractivity contribution in [3.8, 4) is 5.75 Å². The normalized spacial score (nSPS) is 13.7. The maximum atomic E-state index is 13.6. The molecule has 0 aromatic heterocycles. The summed E-state index contributed by atoms with van der Waals surface area (Å²) >= 11 is 0. The first-order valence-electron chi connectivity index (χ1n) is 5.31. The van der Waals surface area contributed by atoms with Crippen molar-refractivity contribution in [2.24, 2.45) is 11.1 Å². The van der Waals surface area contributed by atoms with Crippen molar-refractivity contribution >= 4 is 12.4 Å². The van der Waals surface area contributed by atoms with Gasteiger partial charge in [0.1, 0.15) is 11.6 Å². The number of rotatable bonds is 2. The molecular formula is C12H16ClF4NO. The van der Waals surface area contributed by atoms with Gasteiger partial charge in [0.2, 0.25) is 0 Å². The zero-order valence-corrected chi connectivity index (χ0v) is 11.5. The first-order chi connectivity index (χ1) is 8.00. The Morgan fingerprint density at radius 1 is 1.16 bits per heavy atom. The van der Waals surface area contributed by atoms with Gasteiger partial charge in [-0.25, -0.2) is 4.39 Å². The minimum Gasteiger partial charge on any atom is -0.406 e. The summed E-state index contributed by atoms with van der Waals surface area (Å²) in [6.07, 6.45) is -4.80. The fourth-order valence-corrected chi connectivity index (χ4v) is 1.42. The van der Waals surface area contributed by atoms with Crippen LogP contribution in [0.5, 0.6) is 5.75 Å². The molecule has 0 aliphatic carbocycles. The molecule has 2 nitrogen and oxygen atoms in total. The fraction of sp³-hybridized carbons (Fsp3) is 0.500. The van der Waals surface area contributed by atoms with Crippen LogP contribution in [0.4, 0.5) is 17.6 Å². The van der Waals surface area contributed by atoms with Gasteiger partial charge in [-0.05, 0) is 23.6 Å². The number of hydrogen-bond acceptors (Lipinski definition) is 2. The number of halogens is 5. The standard InChI is InChI=1S/C12H15F4NO.ClH/c1-11(2,3)10(17)8-6-7(4-5-9(8)13)18-12(14,15)16;/h4-6,10H,17H2,1-3H3;1H/t10-;/m0./s1. The highest BCUT2D eigenvalue weighted by Gasteiger charge is 2.32. The van der Waals surface area contributed by atoms with E-state index in [1.165, 1.54) is 0 Å². The predicted molar refractivity (Wildman–Crippen MR) is 66.7 cm³/mol. The average molecular weight is 302 g/mol. The highest BCUT2D eigenvalue weighted by Crippen LogP contribution is 2.34. The van der Waals surface area contributed by atoms with Crippen molar-refractivity contribution in [3.05, 3.63) is 29.6 Å². The van der Waals surface area contributed by atoms with E-state index in [0.29, 0.717) is 0 Å². The molecule has 0 saturated heterocycles. The summed E-state index contributed by atoms with van der Waals surface area (Å²) in [5.41, 5.74) is 5.36. The molecular weight excluding hydrogens is 286 g/mol. The van der Waals surface area contributed by atoms with Crippen LogP contribution in [0.25, 0.3) is 0 Å². The first-order valence-corrected chi connectivity index (χ1v) is 5.31. The van der Waals surface area contributed by atoms with Gasteiger partial charge >= 0.3 is 6.36 Å². The second-order valence-electron chi connectivity index (χ2n) is 5.07. The minimum absolute atomic E-state index is 0. The zero-order valence-electron chi connectivity index (χ0n) is 10.7. The van der Waals surface area contributed by atoms with Crippen LogP contribution < -0.4 is 10.5 Å². The zero-order chi connectivity index (χ0) is 14.1. The third-order valence-electron chi connectivity index (χ3n) is 2.47. The lowest BCUT2D eigenvalue weighted by atomic mass is 9.83. The molecule has 0 heterocycles. The van der Waals surface area contributed by atoms with Gasteiger partial charge < -0.3 is 10.5 Å². The van der Waals surface area contributed by atoms with Crippen molar-refractivity contribution in [2.75, 3.05) is 0 Å². The van der Waals surface area contributed by atoms with E-state index in [0.717, 1.165) is 18.2 Å². The van der Waals surface area contributed by atoms with Gasteiger partial charge in [0.05, 0.1) is 0 Å². The Labute approximate surface area is 115 Å². The molecule has 0 fully saturated rings. The van der Waals surface area contributed by atoms with Crippen LogP contribution in [0.3, 0.4) is 0 Å². The number of benzene rings is 1. The van der Waals surface area contributed by atoms with Gasteiger partial charge in [0.25, 0.3) is 0 Å². The molecule has 7 heteroatoms. The third-order valence-corrected chi connectivity index (χ3v) is 2.47. The summed E-state index contributed by atoms with van der Waals surface area (Å²) in [6, 6.07) is 2.09. The lowest BCUT2D eigenvalue weighted by Gasteiger charge is -2.28. The second-order valence-corrected chi connectivity index (χ2v) is 5.07. The second kappa shape index (κ2) is 5.96. The number of alkyl halides is 3.